The zero-order valence-electron chi connectivity index (χ0n) is 8.72. The van der Waals surface area contributed by atoms with Gasteiger partial charge in [0.25, 0.3) is 0 Å². The topological polar surface area (TPSA) is 35.5 Å². The van der Waals surface area contributed by atoms with Crippen molar-refractivity contribution in [2.24, 2.45) is 0 Å². The first-order valence-corrected chi connectivity index (χ1v) is 6.14. The Morgan fingerprint density at radius 2 is 1.86 bits per heavy atom. The SMILES string of the molecule is CC(C)(I)OC(=O)OC1CCCCC1. The molecule has 0 unspecified atom stereocenters. The molecule has 0 aromatic carbocycles. The summed E-state index contributed by atoms with van der Waals surface area (Å²) in [6.45, 7) is 3.66. The number of hydrogen-bond donors (Lipinski definition) is 0. The number of ether oxygens (including phenoxy) is 2. The van der Waals surface area contributed by atoms with Gasteiger partial charge in [-0.3, -0.25) is 0 Å². The van der Waals surface area contributed by atoms with E-state index in [4.69, 9.17) is 9.47 Å². The van der Waals surface area contributed by atoms with Gasteiger partial charge in [-0.15, -0.1) is 0 Å². The van der Waals surface area contributed by atoms with Crippen LogP contribution in [0.4, 0.5) is 4.79 Å². The van der Waals surface area contributed by atoms with Crippen LogP contribution in [0.25, 0.3) is 0 Å². The highest BCUT2D eigenvalue weighted by atomic mass is 127. The van der Waals surface area contributed by atoms with E-state index in [1.165, 1.54) is 6.42 Å². The highest BCUT2D eigenvalue weighted by Gasteiger charge is 2.23. The Morgan fingerprint density at radius 3 is 2.36 bits per heavy atom. The number of hydrogen-bond acceptors (Lipinski definition) is 3. The van der Waals surface area contributed by atoms with Crippen molar-refractivity contribution in [1.82, 2.24) is 0 Å². The summed E-state index contributed by atoms with van der Waals surface area (Å²) in [5.74, 6) is 0. The Labute approximate surface area is 98.7 Å². The van der Waals surface area contributed by atoms with Gasteiger partial charge in [-0.1, -0.05) is 6.42 Å². The maximum atomic E-state index is 11.3. The summed E-state index contributed by atoms with van der Waals surface area (Å²) in [6, 6.07) is 0. The quantitative estimate of drug-likeness (QED) is 0.444. The van der Waals surface area contributed by atoms with Crippen molar-refractivity contribution < 1.29 is 14.3 Å². The molecule has 0 atom stereocenters. The third-order valence-electron chi connectivity index (χ3n) is 2.14. The van der Waals surface area contributed by atoms with Gasteiger partial charge in [0.1, 0.15) is 6.10 Å². The molecule has 0 N–H and O–H groups in total. The van der Waals surface area contributed by atoms with Crippen molar-refractivity contribution in [3.8, 4) is 0 Å². The molecular weight excluding hydrogens is 295 g/mol. The van der Waals surface area contributed by atoms with Gasteiger partial charge in [0.05, 0.1) is 0 Å². The van der Waals surface area contributed by atoms with Crippen LogP contribution < -0.4 is 0 Å². The first kappa shape index (κ1) is 12.1. The molecule has 0 saturated heterocycles. The largest absolute Gasteiger partial charge is 0.509 e. The van der Waals surface area contributed by atoms with Crippen LogP contribution in [0.5, 0.6) is 0 Å². The fourth-order valence-corrected chi connectivity index (χ4v) is 1.72. The third-order valence-corrected chi connectivity index (χ3v) is 2.36. The summed E-state index contributed by atoms with van der Waals surface area (Å²) in [6.07, 6.45) is 5.09. The molecule has 0 aliphatic heterocycles. The number of carbonyl (C=O) groups is 1. The highest BCUT2D eigenvalue weighted by Crippen LogP contribution is 2.23. The van der Waals surface area contributed by atoms with Crippen molar-refractivity contribution in [2.75, 3.05) is 0 Å². The predicted octanol–water partition coefficient (Wildman–Crippen LogP) is 3.64. The summed E-state index contributed by atoms with van der Waals surface area (Å²) in [4.78, 5) is 11.3. The first-order valence-electron chi connectivity index (χ1n) is 5.06. The van der Waals surface area contributed by atoms with Gasteiger partial charge in [0, 0.05) is 0 Å². The molecule has 0 spiro atoms. The molecular formula is C10H17IO3. The van der Waals surface area contributed by atoms with E-state index in [1.807, 2.05) is 13.8 Å². The minimum Gasteiger partial charge on any atom is -0.431 e. The Balaban J connectivity index is 2.25. The van der Waals surface area contributed by atoms with Crippen molar-refractivity contribution in [3.63, 3.8) is 0 Å². The van der Waals surface area contributed by atoms with Crippen LogP contribution in [0.15, 0.2) is 0 Å². The van der Waals surface area contributed by atoms with Crippen molar-refractivity contribution in [1.29, 1.82) is 0 Å². The molecule has 1 fully saturated rings. The van der Waals surface area contributed by atoms with Crippen LogP contribution in [0.2, 0.25) is 0 Å². The molecule has 0 bridgehead atoms. The van der Waals surface area contributed by atoms with E-state index in [0.717, 1.165) is 25.7 Å². The number of alkyl halides is 1. The Hall–Kier alpha value is 0. The van der Waals surface area contributed by atoms with Crippen molar-refractivity contribution >= 4 is 28.7 Å². The maximum Gasteiger partial charge on any atom is 0.509 e. The van der Waals surface area contributed by atoms with E-state index in [2.05, 4.69) is 22.6 Å². The number of rotatable bonds is 2. The molecule has 1 rings (SSSR count). The second kappa shape index (κ2) is 5.19. The molecule has 0 aromatic heterocycles. The molecule has 82 valence electrons. The van der Waals surface area contributed by atoms with E-state index < -0.39 is 9.76 Å². The van der Waals surface area contributed by atoms with Gasteiger partial charge < -0.3 is 9.47 Å². The minimum absolute atomic E-state index is 0.0787. The zero-order valence-corrected chi connectivity index (χ0v) is 10.9. The molecule has 0 radical (unpaired) electrons. The van der Waals surface area contributed by atoms with Gasteiger partial charge in [0.15, 0.2) is 3.61 Å². The summed E-state index contributed by atoms with van der Waals surface area (Å²) >= 11 is 2.06. The van der Waals surface area contributed by atoms with Gasteiger partial charge >= 0.3 is 6.16 Å². The summed E-state index contributed by atoms with van der Waals surface area (Å²) in [5, 5.41) is 0. The second-order valence-electron chi connectivity index (χ2n) is 4.09. The van der Waals surface area contributed by atoms with E-state index in [0.29, 0.717) is 0 Å². The summed E-state index contributed by atoms with van der Waals surface area (Å²) in [7, 11) is 0. The molecule has 0 aromatic rings. The van der Waals surface area contributed by atoms with Crippen molar-refractivity contribution in [3.05, 3.63) is 0 Å². The van der Waals surface area contributed by atoms with Gasteiger partial charge in [-0.2, -0.15) is 0 Å². The monoisotopic (exact) mass is 312 g/mol. The molecule has 3 nitrogen and oxygen atoms in total. The van der Waals surface area contributed by atoms with E-state index >= 15 is 0 Å². The van der Waals surface area contributed by atoms with Crippen LogP contribution in [0, 0.1) is 0 Å². The smallest absolute Gasteiger partial charge is 0.431 e. The zero-order chi connectivity index (χ0) is 10.6. The van der Waals surface area contributed by atoms with E-state index in [1.54, 1.807) is 0 Å². The molecule has 0 amide bonds. The lowest BCUT2D eigenvalue weighted by Crippen LogP contribution is -2.26. The standard InChI is InChI=1S/C10H17IO3/c1-10(2,11)14-9(12)13-8-6-4-3-5-7-8/h8H,3-7H2,1-2H3. The number of carbonyl (C=O) groups excluding carboxylic acids is 1. The fraction of sp³-hybridized carbons (Fsp3) is 0.900. The minimum atomic E-state index is -0.531. The van der Waals surface area contributed by atoms with Crippen LogP contribution in [-0.4, -0.2) is 15.9 Å². The molecule has 0 heterocycles. The van der Waals surface area contributed by atoms with Gasteiger partial charge in [0.2, 0.25) is 0 Å². The van der Waals surface area contributed by atoms with Crippen LogP contribution in [0.1, 0.15) is 46.0 Å². The highest BCUT2D eigenvalue weighted by molar-refractivity contribution is 14.1. The molecule has 1 saturated carbocycles. The van der Waals surface area contributed by atoms with Crippen LogP contribution in [-0.2, 0) is 9.47 Å². The lowest BCUT2D eigenvalue weighted by atomic mass is 9.98. The lowest BCUT2D eigenvalue weighted by Gasteiger charge is -2.23. The summed E-state index contributed by atoms with van der Waals surface area (Å²) < 4.78 is 9.78. The van der Waals surface area contributed by atoms with E-state index in [-0.39, 0.29) is 6.10 Å². The molecule has 1 aliphatic rings. The average molecular weight is 312 g/mol. The predicted molar refractivity (Wildman–Crippen MR) is 62.5 cm³/mol. The maximum absolute atomic E-state index is 11.3. The van der Waals surface area contributed by atoms with Crippen LogP contribution >= 0.6 is 22.6 Å². The second-order valence-corrected chi connectivity index (χ2v) is 6.69. The average Bonchev–Trinajstić information content (AvgIpc) is 2.02. The normalized spacial score (nSPS) is 19.1. The number of halogens is 1. The Morgan fingerprint density at radius 1 is 1.29 bits per heavy atom. The molecule has 4 heteroatoms. The Bertz CT molecular complexity index is 192. The fourth-order valence-electron chi connectivity index (χ4n) is 1.54. The van der Waals surface area contributed by atoms with Crippen LogP contribution in [0.3, 0.4) is 0 Å². The first-order chi connectivity index (χ1) is 6.47. The van der Waals surface area contributed by atoms with Gasteiger partial charge in [-0.25, -0.2) is 4.79 Å². The molecule has 14 heavy (non-hydrogen) atoms. The Kier molecular flexibility index (Phi) is 4.47. The third kappa shape index (κ3) is 5.02. The van der Waals surface area contributed by atoms with Gasteiger partial charge in [-0.05, 0) is 62.1 Å². The van der Waals surface area contributed by atoms with Crippen molar-refractivity contribution in [2.45, 2.75) is 55.7 Å². The van der Waals surface area contributed by atoms with E-state index in [9.17, 15) is 4.79 Å². The molecule has 1 aliphatic carbocycles. The summed E-state index contributed by atoms with van der Waals surface area (Å²) in [5.41, 5.74) is 0. The lowest BCUT2D eigenvalue weighted by molar-refractivity contribution is -0.00717.